The molecule has 0 unspecified atom stereocenters. The largest absolute Gasteiger partial charge is 0.382 e. The van der Waals surface area contributed by atoms with E-state index in [0.29, 0.717) is 25.3 Å². The Kier molecular flexibility index (Phi) is 7.12. The second-order valence-electron chi connectivity index (χ2n) is 6.74. The topological polar surface area (TPSA) is 56.1 Å². The predicted octanol–water partition coefficient (Wildman–Crippen LogP) is 4.33. The molecular formula is C22H27N3O2S. The average molecular weight is 398 g/mol. The Hall–Kier alpha value is -2.31. The van der Waals surface area contributed by atoms with E-state index in [4.69, 9.17) is 9.72 Å². The lowest BCUT2D eigenvalue weighted by Gasteiger charge is -2.06. The van der Waals surface area contributed by atoms with E-state index in [9.17, 15) is 4.79 Å². The minimum absolute atomic E-state index is 0.0616. The Morgan fingerprint density at radius 2 is 2.00 bits per heavy atom. The van der Waals surface area contributed by atoms with Crippen molar-refractivity contribution in [3.63, 3.8) is 0 Å². The molecule has 0 saturated heterocycles. The Morgan fingerprint density at radius 1 is 1.21 bits per heavy atom. The summed E-state index contributed by atoms with van der Waals surface area (Å²) in [5, 5.41) is 3.90. The number of amides is 1. The zero-order valence-corrected chi connectivity index (χ0v) is 17.5. The van der Waals surface area contributed by atoms with Gasteiger partial charge in [0, 0.05) is 38.1 Å². The fraction of sp³-hybridized carbons (Fsp3) is 0.364. The van der Waals surface area contributed by atoms with Gasteiger partial charge in [-0.15, -0.1) is 0 Å². The van der Waals surface area contributed by atoms with Crippen LogP contribution in [0.5, 0.6) is 0 Å². The number of hydrogen-bond acceptors (Lipinski definition) is 4. The monoisotopic (exact) mass is 397 g/mol. The maximum atomic E-state index is 12.4. The molecule has 0 saturated carbocycles. The van der Waals surface area contributed by atoms with Crippen molar-refractivity contribution >= 4 is 28.7 Å². The molecule has 2 aromatic carbocycles. The quantitative estimate of drug-likeness (QED) is 0.431. The van der Waals surface area contributed by atoms with Crippen molar-refractivity contribution in [3.8, 4) is 0 Å². The molecule has 148 valence electrons. The summed E-state index contributed by atoms with van der Waals surface area (Å²) in [6.45, 7) is 6.04. The fourth-order valence-electron chi connectivity index (χ4n) is 2.89. The molecule has 0 radical (unpaired) electrons. The first-order valence-corrected chi connectivity index (χ1v) is 10.6. The average Bonchev–Trinajstić information content (AvgIpc) is 3.02. The number of carbonyl (C=O) groups is 1. The second kappa shape index (κ2) is 9.75. The van der Waals surface area contributed by atoms with E-state index in [1.807, 2.05) is 32.2 Å². The van der Waals surface area contributed by atoms with Crippen LogP contribution in [-0.2, 0) is 17.5 Å². The maximum Gasteiger partial charge on any atom is 0.251 e. The van der Waals surface area contributed by atoms with Crippen molar-refractivity contribution < 1.29 is 9.53 Å². The number of thioether (sulfide) groups is 1. The van der Waals surface area contributed by atoms with Gasteiger partial charge in [-0.2, -0.15) is 0 Å². The first kappa shape index (κ1) is 20.4. The highest BCUT2D eigenvalue weighted by Gasteiger charge is 2.12. The smallest absolute Gasteiger partial charge is 0.251 e. The van der Waals surface area contributed by atoms with Crippen LogP contribution in [0.25, 0.3) is 11.0 Å². The van der Waals surface area contributed by atoms with Gasteiger partial charge in [-0.3, -0.25) is 4.79 Å². The molecule has 0 fully saturated rings. The molecule has 0 bridgehead atoms. The molecule has 1 aromatic heterocycles. The fourth-order valence-corrected chi connectivity index (χ4v) is 3.84. The van der Waals surface area contributed by atoms with Crippen molar-refractivity contribution in [2.24, 2.45) is 7.05 Å². The molecule has 1 amide bonds. The molecule has 0 aliphatic rings. The second-order valence-corrected chi connectivity index (χ2v) is 7.68. The van der Waals surface area contributed by atoms with Crippen LogP contribution >= 0.6 is 11.8 Å². The Morgan fingerprint density at radius 3 is 2.75 bits per heavy atom. The van der Waals surface area contributed by atoms with Crippen LogP contribution in [0.3, 0.4) is 0 Å². The number of imidazole rings is 1. The van der Waals surface area contributed by atoms with Gasteiger partial charge in [0.1, 0.15) is 0 Å². The van der Waals surface area contributed by atoms with E-state index < -0.39 is 0 Å². The number of benzene rings is 2. The van der Waals surface area contributed by atoms with Crippen molar-refractivity contribution in [2.45, 2.75) is 31.2 Å². The molecule has 0 aliphatic carbocycles. The number of nitrogens with one attached hydrogen (secondary N) is 1. The first-order chi connectivity index (χ1) is 13.6. The number of aryl methyl sites for hydroxylation is 2. The zero-order chi connectivity index (χ0) is 19.9. The van der Waals surface area contributed by atoms with Crippen LogP contribution < -0.4 is 5.32 Å². The van der Waals surface area contributed by atoms with Crippen molar-refractivity contribution in [3.05, 3.63) is 59.2 Å². The number of rotatable bonds is 9. The van der Waals surface area contributed by atoms with Gasteiger partial charge in [0.25, 0.3) is 5.91 Å². The van der Waals surface area contributed by atoms with Gasteiger partial charge in [0.2, 0.25) is 0 Å². The van der Waals surface area contributed by atoms with Crippen LogP contribution in [0.2, 0.25) is 0 Å². The summed E-state index contributed by atoms with van der Waals surface area (Å²) < 4.78 is 7.35. The lowest BCUT2D eigenvalue weighted by molar-refractivity contribution is 0.0944. The molecule has 3 rings (SSSR count). The third-order valence-corrected chi connectivity index (χ3v) is 5.65. The van der Waals surface area contributed by atoms with Gasteiger partial charge < -0.3 is 14.6 Å². The van der Waals surface area contributed by atoms with E-state index in [0.717, 1.165) is 28.4 Å². The van der Waals surface area contributed by atoms with Gasteiger partial charge in [-0.1, -0.05) is 41.6 Å². The van der Waals surface area contributed by atoms with Crippen molar-refractivity contribution in [1.29, 1.82) is 0 Å². The molecule has 0 aliphatic heterocycles. The molecule has 0 spiro atoms. The lowest BCUT2D eigenvalue weighted by atomic mass is 10.2. The van der Waals surface area contributed by atoms with Crippen molar-refractivity contribution in [1.82, 2.24) is 14.9 Å². The number of hydrogen-bond donors (Lipinski definition) is 1. The molecule has 3 aromatic rings. The van der Waals surface area contributed by atoms with E-state index >= 15 is 0 Å². The lowest BCUT2D eigenvalue weighted by Crippen LogP contribution is -2.25. The Bertz CT molecular complexity index is 935. The zero-order valence-electron chi connectivity index (χ0n) is 16.7. The van der Waals surface area contributed by atoms with E-state index in [1.54, 1.807) is 11.8 Å². The van der Waals surface area contributed by atoms with Crippen LogP contribution in [0, 0.1) is 6.92 Å². The molecule has 1 heterocycles. The van der Waals surface area contributed by atoms with Gasteiger partial charge in [0.05, 0.1) is 11.0 Å². The summed E-state index contributed by atoms with van der Waals surface area (Å²) in [5.41, 5.74) is 5.06. The summed E-state index contributed by atoms with van der Waals surface area (Å²) >= 11 is 1.70. The summed E-state index contributed by atoms with van der Waals surface area (Å²) in [6.07, 6.45) is 0.813. The maximum absolute atomic E-state index is 12.4. The molecule has 0 atom stereocenters. The third-order valence-electron chi connectivity index (χ3n) is 4.55. The molecular weight excluding hydrogens is 370 g/mol. The summed E-state index contributed by atoms with van der Waals surface area (Å²) in [7, 11) is 2.00. The van der Waals surface area contributed by atoms with Gasteiger partial charge in [-0.25, -0.2) is 4.98 Å². The molecule has 1 N–H and O–H groups in total. The van der Waals surface area contributed by atoms with Gasteiger partial charge in [0.15, 0.2) is 5.16 Å². The number of ether oxygens (including phenoxy) is 1. The standard InChI is InChI=1S/C22H27N3O2S/c1-4-27-13-5-12-23-21(26)18-10-11-19-20(14-18)25(3)22(24-19)28-15-17-8-6-16(2)7-9-17/h6-11,14H,4-5,12-13,15H2,1-3H3,(H,23,26). The van der Waals surface area contributed by atoms with E-state index in [-0.39, 0.29) is 5.91 Å². The predicted molar refractivity (Wildman–Crippen MR) is 115 cm³/mol. The van der Waals surface area contributed by atoms with E-state index in [2.05, 4.69) is 41.1 Å². The Labute approximate surface area is 170 Å². The number of fused-ring (bicyclic) bond motifs is 1. The summed E-state index contributed by atoms with van der Waals surface area (Å²) in [6, 6.07) is 14.2. The molecule has 5 nitrogen and oxygen atoms in total. The highest BCUT2D eigenvalue weighted by Crippen LogP contribution is 2.26. The minimum atomic E-state index is -0.0616. The number of carbonyl (C=O) groups excluding carboxylic acids is 1. The van der Waals surface area contributed by atoms with Gasteiger partial charge in [-0.05, 0) is 44.0 Å². The summed E-state index contributed by atoms with van der Waals surface area (Å²) in [4.78, 5) is 17.1. The van der Waals surface area contributed by atoms with Crippen LogP contribution in [0.4, 0.5) is 0 Å². The van der Waals surface area contributed by atoms with Crippen LogP contribution in [-0.4, -0.2) is 35.2 Å². The Balaban J connectivity index is 1.66. The third kappa shape index (κ3) is 5.14. The van der Waals surface area contributed by atoms with Crippen LogP contribution in [0.15, 0.2) is 47.6 Å². The highest BCUT2D eigenvalue weighted by molar-refractivity contribution is 7.98. The van der Waals surface area contributed by atoms with Gasteiger partial charge >= 0.3 is 0 Å². The minimum Gasteiger partial charge on any atom is -0.382 e. The van der Waals surface area contributed by atoms with Crippen molar-refractivity contribution in [2.75, 3.05) is 19.8 Å². The first-order valence-electron chi connectivity index (χ1n) is 9.59. The molecule has 6 heteroatoms. The number of aromatic nitrogens is 2. The highest BCUT2D eigenvalue weighted by atomic mass is 32.2. The normalized spacial score (nSPS) is 11.1. The number of nitrogens with zero attached hydrogens (tertiary/aromatic N) is 2. The molecule has 28 heavy (non-hydrogen) atoms. The SMILES string of the molecule is CCOCCCNC(=O)c1ccc2nc(SCc3ccc(C)cc3)n(C)c2c1. The van der Waals surface area contributed by atoms with E-state index in [1.165, 1.54) is 11.1 Å². The van der Waals surface area contributed by atoms with Crippen LogP contribution in [0.1, 0.15) is 34.8 Å². The summed E-state index contributed by atoms with van der Waals surface area (Å²) in [5.74, 6) is 0.804.